The van der Waals surface area contributed by atoms with Gasteiger partial charge in [-0.05, 0) is 24.6 Å². The average Bonchev–Trinajstić information content (AvgIpc) is 2.68. The monoisotopic (exact) mass is 247 g/mol. The van der Waals surface area contributed by atoms with Crippen LogP contribution >= 0.6 is 0 Å². The van der Waals surface area contributed by atoms with Crippen LogP contribution in [0.5, 0.6) is 0 Å². The molecule has 0 saturated carbocycles. The largest absolute Gasteiger partial charge is 0.342 e. The molecule has 6 heteroatoms. The summed E-state index contributed by atoms with van der Waals surface area (Å²) in [5, 5.41) is 0. The molecular weight excluding hydrogens is 230 g/mol. The van der Waals surface area contributed by atoms with Gasteiger partial charge >= 0.3 is 0 Å². The molecule has 1 unspecified atom stereocenters. The minimum atomic E-state index is -0.327. The Morgan fingerprint density at radius 1 is 1.56 bits per heavy atom. The van der Waals surface area contributed by atoms with Crippen LogP contribution in [0.3, 0.4) is 0 Å². The first kappa shape index (κ1) is 12.5. The summed E-state index contributed by atoms with van der Waals surface area (Å²) in [6, 6.07) is 5.42. The Morgan fingerprint density at radius 2 is 2.33 bits per heavy atom. The van der Waals surface area contributed by atoms with Crippen LogP contribution in [0.4, 0.5) is 0 Å². The number of carbonyl (C=O) groups is 1. The van der Waals surface area contributed by atoms with Crippen LogP contribution in [-0.4, -0.2) is 22.9 Å². The van der Waals surface area contributed by atoms with E-state index in [1.807, 2.05) is 25.1 Å². The molecule has 6 nitrogen and oxygen atoms in total. The normalized spacial score (nSPS) is 12.6. The van der Waals surface area contributed by atoms with Crippen LogP contribution in [0.1, 0.15) is 23.9 Å². The lowest BCUT2D eigenvalue weighted by Crippen LogP contribution is -2.36. The number of hydrazine groups is 1. The van der Waals surface area contributed by atoms with Gasteiger partial charge < -0.3 is 10.7 Å². The molecule has 0 aliphatic carbocycles. The lowest BCUT2D eigenvalue weighted by Gasteiger charge is -2.11. The molecule has 1 heterocycles. The topological polar surface area (TPSA) is 95.8 Å². The van der Waals surface area contributed by atoms with Crippen LogP contribution < -0.4 is 16.6 Å². The third kappa shape index (κ3) is 2.66. The van der Waals surface area contributed by atoms with Crippen molar-refractivity contribution in [1.82, 2.24) is 20.8 Å². The van der Waals surface area contributed by atoms with E-state index in [0.29, 0.717) is 0 Å². The first-order valence-electron chi connectivity index (χ1n) is 5.77. The van der Waals surface area contributed by atoms with Crippen LogP contribution in [0.15, 0.2) is 18.2 Å². The number of fused-ring (bicyclic) bond motifs is 1. The number of hydrogen-bond acceptors (Lipinski definition) is 4. The van der Waals surface area contributed by atoms with Crippen molar-refractivity contribution in [3.63, 3.8) is 0 Å². The van der Waals surface area contributed by atoms with E-state index in [0.717, 1.165) is 22.4 Å². The lowest BCUT2D eigenvalue weighted by atomic mass is 10.0. The number of hydrogen-bond donors (Lipinski definition) is 4. The first-order valence-corrected chi connectivity index (χ1v) is 5.77. The number of H-pyrrole nitrogens is 1. The molecule has 18 heavy (non-hydrogen) atoms. The summed E-state index contributed by atoms with van der Waals surface area (Å²) >= 11 is 0. The summed E-state index contributed by atoms with van der Waals surface area (Å²) in [5.74, 6) is 0.731. The van der Waals surface area contributed by atoms with Gasteiger partial charge in [0.2, 0.25) is 5.91 Å². The van der Waals surface area contributed by atoms with Gasteiger partial charge in [-0.15, -0.1) is 0 Å². The number of aromatic amines is 1. The van der Waals surface area contributed by atoms with E-state index in [1.54, 1.807) is 7.05 Å². The van der Waals surface area contributed by atoms with Crippen molar-refractivity contribution in [1.29, 1.82) is 0 Å². The number of imidazole rings is 1. The Kier molecular flexibility index (Phi) is 3.59. The molecule has 0 aliphatic heterocycles. The fraction of sp³-hybridized carbons (Fsp3) is 0.333. The molecule has 2 aromatic rings. The lowest BCUT2D eigenvalue weighted by molar-refractivity contribution is -0.122. The van der Waals surface area contributed by atoms with Gasteiger partial charge in [0.25, 0.3) is 0 Å². The second-order valence-corrected chi connectivity index (χ2v) is 4.21. The standard InChI is InChI=1S/C12H17N5O/c1-7-15-10-4-3-8(5-11(10)16-7)9(13)6-12(18)17-14-2/h3-5,9,14H,6,13H2,1-2H3,(H,15,16)(H,17,18). The summed E-state index contributed by atoms with van der Waals surface area (Å²) in [5.41, 5.74) is 13.8. The van der Waals surface area contributed by atoms with E-state index in [4.69, 9.17) is 5.73 Å². The van der Waals surface area contributed by atoms with Crippen molar-refractivity contribution in [2.24, 2.45) is 5.73 Å². The second-order valence-electron chi connectivity index (χ2n) is 4.21. The number of amides is 1. The average molecular weight is 247 g/mol. The molecular formula is C12H17N5O. The Bertz CT molecular complexity index is 563. The van der Waals surface area contributed by atoms with Gasteiger partial charge in [-0.25, -0.2) is 10.4 Å². The minimum absolute atomic E-state index is 0.133. The van der Waals surface area contributed by atoms with E-state index < -0.39 is 0 Å². The predicted molar refractivity (Wildman–Crippen MR) is 69.6 cm³/mol. The Hall–Kier alpha value is -1.92. The van der Waals surface area contributed by atoms with E-state index in [-0.39, 0.29) is 18.4 Å². The van der Waals surface area contributed by atoms with E-state index in [1.165, 1.54) is 0 Å². The summed E-state index contributed by atoms with van der Waals surface area (Å²) < 4.78 is 0. The smallest absolute Gasteiger partial charge is 0.235 e. The number of nitrogens with one attached hydrogen (secondary N) is 3. The zero-order valence-corrected chi connectivity index (χ0v) is 10.4. The van der Waals surface area contributed by atoms with Gasteiger partial charge in [-0.3, -0.25) is 10.2 Å². The molecule has 1 aromatic carbocycles. The van der Waals surface area contributed by atoms with Crippen LogP contribution in [0.25, 0.3) is 11.0 Å². The Balaban J connectivity index is 2.17. The number of benzene rings is 1. The first-order chi connectivity index (χ1) is 8.60. The number of nitrogens with two attached hydrogens (primary N) is 1. The maximum absolute atomic E-state index is 11.4. The molecule has 1 amide bonds. The van der Waals surface area contributed by atoms with Gasteiger partial charge in [-0.2, -0.15) is 0 Å². The SMILES string of the molecule is CNNC(=O)CC(N)c1ccc2nc(C)[nH]c2c1. The van der Waals surface area contributed by atoms with Crippen molar-refractivity contribution < 1.29 is 4.79 Å². The fourth-order valence-corrected chi connectivity index (χ4v) is 1.89. The predicted octanol–water partition coefficient (Wildman–Crippen LogP) is 0.512. The molecule has 96 valence electrons. The molecule has 0 bridgehead atoms. The fourth-order valence-electron chi connectivity index (χ4n) is 1.89. The minimum Gasteiger partial charge on any atom is -0.342 e. The highest BCUT2D eigenvalue weighted by Gasteiger charge is 2.12. The zero-order chi connectivity index (χ0) is 13.1. The highest BCUT2D eigenvalue weighted by atomic mass is 16.2. The van der Waals surface area contributed by atoms with E-state index in [2.05, 4.69) is 20.8 Å². The zero-order valence-electron chi connectivity index (χ0n) is 10.4. The second kappa shape index (κ2) is 5.16. The summed E-state index contributed by atoms with van der Waals surface area (Å²) in [7, 11) is 1.64. The summed E-state index contributed by atoms with van der Waals surface area (Å²) in [6.07, 6.45) is 0.236. The molecule has 1 atom stereocenters. The molecule has 2 rings (SSSR count). The number of nitrogens with zero attached hydrogens (tertiary/aromatic N) is 1. The molecule has 0 radical (unpaired) electrons. The van der Waals surface area contributed by atoms with Crippen LogP contribution in [0, 0.1) is 6.92 Å². The third-order valence-corrected chi connectivity index (χ3v) is 2.72. The summed E-state index contributed by atoms with van der Waals surface area (Å²) in [4.78, 5) is 18.9. The summed E-state index contributed by atoms with van der Waals surface area (Å²) in [6.45, 7) is 1.90. The van der Waals surface area contributed by atoms with Crippen molar-refractivity contribution >= 4 is 16.9 Å². The highest BCUT2D eigenvalue weighted by Crippen LogP contribution is 2.19. The molecule has 1 aromatic heterocycles. The third-order valence-electron chi connectivity index (χ3n) is 2.72. The maximum atomic E-state index is 11.4. The van der Waals surface area contributed by atoms with Gasteiger partial charge in [0.15, 0.2) is 0 Å². The molecule has 0 saturated heterocycles. The van der Waals surface area contributed by atoms with Gasteiger partial charge in [0, 0.05) is 19.5 Å². The van der Waals surface area contributed by atoms with Crippen molar-refractivity contribution in [2.45, 2.75) is 19.4 Å². The number of aryl methyl sites for hydroxylation is 1. The van der Waals surface area contributed by atoms with Gasteiger partial charge in [0.05, 0.1) is 11.0 Å². The Morgan fingerprint density at radius 3 is 3.06 bits per heavy atom. The number of rotatable bonds is 4. The highest BCUT2D eigenvalue weighted by molar-refractivity contribution is 5.78. The van der Waals surface area contributed by atoms with Gasteiger partial charge in [-0.1, -0.05) is 6.07 Å². The van der Waals surface area contributed by atoms with Gasteiger partial charge in [0.1, 0.15) is 5.82 Å². The molecule has 0 aliphatic rings. The molecule has 0 spiro atoms. The quantitative estimate of drug-likeness (QED) is 0.592. The van der Waals surface area contributed by atoms with Crippen LogP contribution in [0.2, 0.25) is 0 Å². The van der Waals surface area contributed by atoms with Crippen molar-refractivity contribution in [3.8, 4) is 0 Å². The Labute approximate surface area is 105 Å². The van der Waals surface area contributed by atoms with Crippen LogP contribution in [-0.2, 0) is 4.79 Å². The van der Waals surface area contributed by atoms with Crippen molar-refractivity contribution in [2.75, 3.05) is 7.05 Å². The molecule has 0 fully saturated rings. The molecule has 5 N–H and O–H groups in total. The maximum Gasteiger partial charge on any atom is 0.235 e. The van der Waals surface area contributed by atoms with Crippen molar-refractivity contribution in [3.05, 3.63) is 29.6 Å². The van der Waals surface area contributed by atoms with E-state index in [9.17, 15) is 4.79 Å². The number of aromatic nitrogens is 2. The van der Waals surface area contributed by atoms with E-state index >= 15 is 0 Å². The number of carbonyl (C=O) groups excluding carboxylic acids is 1.